The van der Waals surface area contributed by atoms with Gasteiger partial charge in [0.1, 0.15) is 16.4 Å². The minimum atomic E-state index is -1.14. The first-order valence-corrected chi connectivity index (χ1v) is 7.18. The van der Waals surface area contributed by atoms with Crippen molar-refractivity contribution in [3.05, 3.63) is 17.1 Å². The highest BCUT2D eigenvalue weighted by Gasteiger charge is 2.27. The third-order valence-electron chi connectivity index (χ3n) is 2.87. The van der Waals surface area contributed by atoms with Gasteiger partial charge in [-0.05, 0) is 13.8 Å². The summed E-state index contributed by atoms with van der Waals surface area (Å²) in [6, 6.07) is -0.422. The Labute approximate surface area is 124 Å². The average Bonchev–Trinajstić information content (AvgIpc) is 2.81. The number of carbonyl (C=O) groups excluding carboxylic acids is 2. The first-order valence-electron chi connectivity index (χ1n) is 6.19. The van der Waals surface area contributed by atoms with Crippen LogP contribution < -0.4 is 5.32 Å². The van der Waals surface area contributed by atoms with Crippen LogP contribution in [0.15, 0.2) is 5.03 Å². The number of nitrogens with one attached hydrogen (secondary N) is 1. The van der Waals surface area contributed by atoms with Gasteiger partial charge in [-0.1, -0.05) is 11.8 Å². The van der Waals surface area contributed by atoms with Crippen molar-refractivity contribution in [2.24, 2.45) is 0 Å². The number of hydrogen-bond donors (Lipinski definition) is 2. The maximum absolute atomic E-state index is 11.9. The van der Waals surface area contributed by atoms with Gasteiger partial charge in [-0.2, -0.15) is 0 Å². The van der Waals surface area contributed by atoms with E-state index < -0.39 is 12.0 Å². The van der Waals surface area contributed by atoms with Crippen LogP contribution in [0, 0.1) is 13.8 Å². The van der Waals surface area contributed by atoms with Crippen molar-refractivity contribution in [1.82, 2.24) is 20.2 Å². The molecule has 21 heavy (non-hydrogen) atoms. The lowest BCUT2D eigenvalue weighted by Gasteiger charge is -2.12. The minimum absolute atomic E-state index is 0.00993. The summed E-state index contributed by atoms with van der Waals surface area (Å²) in [6.07, 6.45) is 0. The zero-order chi connectivity index (χ0) is 15.6. The van der Waals surface area contributed by atoms with E-state index in [1.165, 1.54) is 0 Å². The summed E-state index contributed by atoms with van der Waals surface area (Å²) in [6.45, 7) is 3.99. The Morgan fingerprint density at radius 2 is 2.10 bits per heavy atom. The van der Waals surface area contributed by atoms with Gasteiger partial charge in [0.05, 0.1) is 11.4 Å². The molecule has 0 atom stereocenters. The van der Waals surface area contributed by atoms with E-state index in [0.717, 1.165) is 16.7 Å². The number of thioether (sulfide) groups is 1. The molecule has 0 aromatic carbocycles. The molecule has 0 saturated carbocycles. The summed E-state index contributed by atoms with van der Waals surface area (Å²) in [5.41, 5.74) is 0.341. The highest BCUT2D eigenvalue weighted by atomic mass is 32.2. The molecule has 3 amide bonds. The van der Waals surface area contributed by atoms with Crippen LogP contribution in [-0.4, -0.2) is 56.7 Å². The Morgan fingerprint density at radius 3 is 2.67 bits per heavy atom. The van der Waals surface area contributed by atoms with Gasteiger partial charge < -0.3 is 10.4 Å². The first-order chi connectivity index (χ1) is 9.90. The predicted molar refractivity (Wildman–Crippen MR) is 74.3 cm³/mol. The monoisotopic (exact) mass is 310 g/mol. The Balaban J connectivity index is 2.14. The number of rotatable bonds is 4. The summed E-state index contributed by atoms with van der Waals surface area (Å²) in [5, 5.41) is 12.0. The number of aryl methyl sites for hydroxylation is 2. The molecule has 0 bridgehead atoms. The van der Waals surface area contributed by atoms with E-state index in [9.17, 15) is 19.5 Å². The van der Waals surface area contributed by atoms with Crippen molar-refractivity contribution in [2.45, 2.75) is 18.9 Å². The Hall–Kier alpha value is -2.16. The molecule has 0 spiro atoms. The molecule has 0 aliphatic carbocycles. The van der Waals surface area contributed by atoms with Crippen LogP contribution in [0.4, 0.5) is 4.79 Å². The average molecular weight is 310 g/mol. The number of urea groups is 1. The van der Waals surface area contributed by atoms with Crippen LogP contribution in [0.2, 0.25) is 0 Å². The van der Waals surface area contributed by atoms with Crippen molar-refractivity contribution in [1.29, 1.82) is 0 Å². The first kappa shape index (κ1) is 15.2. The molecule has 0 radical (unpaired) electrons. The molecule has 112 valence electrons. The third kappa shape index (κ3) is 3.30. The van der Waals surface area contributed by atoms with Gasteiger partial charge in [0.25, 0.3) is 0 Å². The van der Waals surface area contributed by atoms with Crippen LogP contribution in [0.3, 0.4) is 0 Å². The quantitative estimate of drug-likeness (QED) is 0.612. The van der Waals surface area contributed by atoms with Crippen LogP contribution in [0.5, 0.6) is 0 Å². The third-order valence-corrected chi connectivity index (χ3v) is 3.83. The summed E-state index contributed by atoms with van der Waals surface area (Å²) < 4.78 is 0. The van der Waals surface area contributed by atoms with Crippen molar-refractivity contribution < 1.29 is 19.5 Å². The van der Waals surface area contributed by atoms with Crippen LogP contribution in [0.25, 0.3) is 0 Å². The number of carboxylic acid groups (broad SMARTS) is 1. The van der Waals surface area contributed by atoms with Gasteiger partial charge in [-0.3, -0.25) is 9.69 Å². The largest absolute Gasteiger partial charge is 0.478 e. The number of amides is 3. The molecule has 8 nitrogen and oxygen atoms in total. The minimum Gasteiger partial charge on any atom is -0.478 e. The van der Waals surface area contributed by atoms with Crippen molar-refractivity contribution >= 4 is 29.7 Å². The van der Waals surface area contributed by atoms with Gasteiger partial charge >= 0.3 is 12.0 Å². The number of aromatic nitrogens is 2. The highest BCUT2D eigenvalue weighted by molar-refractivity contribution is 8.00. The molecule has 1 aliphatic heterocycles. The maximum atomic E-state index is 11.9. The maximum Gasteiger partial charge on any atom is 0.340 e. The second kappa shape index (κ2) is 6.08. The number of nitrogens with zero attached hydrogens (tertiary/aromatic N) is 3. The van der Waals surface area contributed by atoms with Gasteiger partial charge in [0.15, 0.2) is 0 Å². The molecule has 2 N–H and O–H groups in total. The van der Waals surface area contributed by atoms with Gasteiger partial charge in [-0.15, -0.1) is 0 Å². The van der Waals surface area contributed by atoms with Crippen molar-refractivity contribution in [3.8, 4) is 0 Å². The molecule has 0 unspecified atom stereocenters. The molecule has 9 heteroatoms. The number of carboxylic acids is 1. The van der Waals surface area contributed by atoms with Gasteiger partial charge in [-0.25, -0.2) is 19.6 Å². The molecule has 1 aliphatic rings. The standard InChI is InChI=1S/C12H14N4O4S/c1-6-9(11(18)19)10(15-7(2)14-6)21-5-8(17)16-4-3-13-12(16)20/h3-5H2,1-2H3,(H,13,20)(H,18,19). The van der Waals surface area contributed by atoms with E-state index in [0.29, 0.717) is 24.6 Å². The summed E-state index contributed by atoms with van der Waals surface area (Å²) >= 11 is 0.998. The fourth-order valence-electron chi connectivity index (χ4n) is 1.95. The van der Waals surface area contributed by atoms with Crippen LogP contribution in [-0.2, 0) is 4.79 Å². The van der Waals surface area contributed by atoms with E-state index >= 15 is 0 Å². The van der Waals surface area contributed by atoms with Crippen molar-refractivity contribution in [3.63, 3.8) is 0 Å². The lowest BCUT2D eigenvalue weighted by atomic mass is 10.2. The Kier molecular flexibility index (Phi) is 4.41. The molecule has 2 heterocycles. The molecule has 1 saturated heterocycles. The second-order valence-electron chi connectivity index (χ2n) is 4.41. The molecule has 1 aromatic rings. The van der Waals surface area contributed by atoms with E-state index in [1.54, 1.807) is 13.8 Å². The highest BCUT2D eigenvalue weighted by Crippen LogP contribution is 2.23. The van der Waals surface area contributed by atoms with E-state index in [2.05, 4.69) is 15.3 Å². The zero-order valence-corrected chi connectivity index (χ0v) is 12.4. The molecular weight excluding hydrogens is 296 g/mol. The van der Waals surface area contributed by atoms with Crippen molar-refractivity contribution in [2.75, 3.05) is 18.8 Å². The fourth-order valence-corrected chi connectivity index (χ4v) is 2.94. The normalized spacial score (nSPS) is 14.2. The Morgan fingerprint density at radius 1 is 1.38 bits per heavy atom. The Bertz CT molecular complexity index is 620. The lowest BCUT2D eigenvalue weighted by Crippen LogP contribution is -2.35. The lowest BCUT2D eigenvalue weighted by molar-refractivity contribution is -0.124. The number of imide groups is 1. The summed E-state index contributed by atoms with van der Waals surface area (Å²) in [5.74, 6) is -1.13. The van der Waals surface area contributed by atoms with Crippen LogP contribution in [0.1, 0.15) is 21.9 Å². The molecule has 1 fully saturated rings. The van der Waals surface area contributed by atoms with Crippen LogP contribution >= 0.6 is 11.8 Å². The van der Waals surface area contributed by atoms with E-state index in [1.807, 2.05) is 0 Å². The summed E-state index contributed by atoms with van der Waals surface area (Å²) in [4.78, 5) is 43.7. The fraction of sp³-hybridized carbons (Fsp3) is 0.417. The predicted octanol–water partition coefficient (Wildman–Crippen LogP) is 0.436. The number of carbonyl (C=O) groups is 3. The van der Waals surface area contributed by atoms with E-state index in [-0.39, 0.29) is 22.2 Å². The number of hydrogen-bond acceptors (Lipinski definition) is 6. The number of aromatic carboxylic acids is 1. The topological polar surface area (TPSA) is 112 Å². The molecule has 2 rings (SSSR count). The van der Waals surface area contributed by atoms with E-state index in [4.69, 9.17) is 0 Å². The second-order valence-corrected chi connectivity index (χ2v) is 5.37. The summed E-state index contributed by atoms with van der Waals surface area (Å²) in [7, 11) is 0. The van der Waals surface area contributed by atoms with Gasteiger partial charge in [0.2, 0.25) is 5.91 Å². The van der Waals surface area contributed by atoms with Gasteiger partial charge in [0, 0.05) is 13.1 Å². The smallest absolute Gasteiger partial charge is 0.340 e. The molecule has 1 aromatic heterocycles. The molecular formula is C12H14N4O4S. The SMILES string of the molecule is Cc1nc(C)c(C(=O)O)c(SCC(=O)N2CCNC2=O)n1. The zero-order valence-electron chi connectivity index (χ0n) is 11.5.